The van der Waals surface area contributed by atoms with E-state index < -0.39 is 11.7 Å². The summed E-state index contributed by atoms with van der Waals surface area (Å²) < 4.78 is 10.3. The molecule has 16 heavy (non-hydrogen) atoms. The second-order valence-electron chi connectivity index (χ2n) is 4.54. The lowest BCUT2D eigenvalue weighted by Gasteiger charge is -2.22. The van der Waals surface area contributed by atoms with Crippen molar-refractivity contribution in [3.63, 3.8) is 0 Å². The molecule has 0 bridgehead atoms. The van der Waals surface area contributed by atoms with Gasteiger partial charge in [-0.25, -0.2) is 4.79 Å². The molecular weight excluding hydrogens is 226 g/mol. The SMILES string of the molecule is CCCOC(=S)C(C)NC(=O)OC(C)(C)C. The van der Waals surface area contributed by atoms with Gasteiger partial charge in [0.25, 0.3) is 0 Å². The molecule has 0 aliphatic rings. The van der Waals surface area contributed by atoms with Gasteiger partial charge < -0.3 is 14.8 Å². The first-order valence-corrected chi connectivity index (χ1v) is 5.83. The maximum absolute atomic E-state index is 11.4. The van der Waals surface area contributed by atoms with Crippen LogP contribution in [0.3, 0.4) is 0 Å². The first kappa shape index (κ1) is 15.2. The summed E-state index contributed by atoms with van der Waals surface area (Å²) in [4.78, 5) is 11.4. The van der Waals surface area contributed by atoms with Crippen LogP contribution in [0.15, 0.2) is 0 Å². The van der Waals surface area contributed by atoms with E-state index in [9.17, 15) is 4.79 Å². The van der Waals surface area contributed by atoms with E-state index in [1.54, 1.807) is 6.92 Å². The standard InChI is InChI=1S/C11H21NO3S/c1-6-7-14-9(16)8(2)12-10(13)15-11(3,4)5/h8H,6-7H2,1-5H3,(H,12,13). The van der Waals surface area contributed by atoms with Crippen LogP contribution in [0.2, 0.25) is 0 Å². The normalized spacial score (nSPS) is 12.8. The molecule has 1 amide bonds. The molecule has 5 heteroatoms. The van der Waals surface area contributed by atoms with Gasteiger partial charge in [0.15, 0.2) is 5.05 Å². The zero-order valence-corrected chi connectivity index (χ0v) is 11.4. The fourth-order valence-corrected chi connectivity index (χ4v) is 1.01. The van der Waals surface area contributed by atoms with Crippen molar-refractivity contribution in [2.75, 3.05) is 6.61 Å². The van der Waals surface area contributed by atoms with Crippen molar-refractivity contribution in [2.24, 2.45) is 0 Å². The predicted molar refractivity (Wildman–Crippen MR) is 67.7 cm³/mol. The van der Waals surface area contributed by atoms with Crippen LogP contribution < -0.4 is 5.32 Å². The molecule has 1 unspecified atom stereocenters. The number of hydrogen-bond acceptors (Lipinski definition) is 4. The molecule has 0 saturated heterocycles. The van der Waals surface area contributed by atoms with Gasteiger partial charge in [-0.2, -0.15) is 0 Å². The van der Waals surface area contributed by atoms with Crippen LogP contribution in [0.25, 0.3) is 0 Å². The van der Waals surface area contributed by atoms with E-state index in [2.05, 4.69) is 5.32 Å². The minimum absolute atomic E-state index is 0.323. The Balaban J connectivity index is 3.99. The van der Waals surface area contributed by atoms with Crippen molar-refractivity contribution in [1.82, 2.24) is 5.32 Å². The van der Waals surface area contributed by atoms with E-state index in [1.807, 2.05) is 27.7 Å². The first-order valence-electron chi connectivity index (χ1n) is 5.42. The molecule has 0 fully saturated rings. The van der Waals surface area contributed by atoms with Crippen molar-refractivity contribution >= 4 is 23.4 Å². The number of nitrogens with one attached hydrogen (secondary N) is 1. The maximum Gasteiger partial charge on any atom is 0.408 e. The van der Waals surface area contributed by atoms with Crippen LogP contribution >= 0.6 is 12.2 Å². The molecule has 1 atom stereocenters. The second-order valence-corrected chi connectivity index (χ2v) is 4.94. The molecule has 0 saturated carbocycles. The zero-order valence-electron chi connectivity index (χ0n) is 10.6. The van der Waals surface area contributed by atoms with Crippen molar-refractivity contribution in [3.8, 4) is 0 Å². The van der Waals surface area contributed by atoms with E-state index in [-0.39, 0.29) is 6.04 Å². The summed E-state index contributed by atoms with van der Waals surface area (Å²) in [7, 11) is 0. The lowest BCUT2D eigenvalue weighted by molar-refractivity contribution is 0.0517. The summed E-state index contributed by atoms with van der Waals surface area (Å²) in [5, 5.41) is 3.00. The fourth-order valence-electron chi connectivity index (χ4n) is 0.871. The van der Waals surface area contributed by atoms with Gasteiger partial charge in [-0.15, -0.1) is 0 Å². The third-order valence-corrected chi connectivity index (χ3v) is 2.01. The smallest absolute Gasteiger partial charge is 0.408 e. The third kappa shape index (κ3) is 7.45. The van der Waals surface area contributed by atoms with Crippen molar-refractivity contribution in [2.45, 2.75) is 52.7 Å². The second kappa shape index (κ2) is 6.68. The van der Waals surface area contributed by atoms with Gasteiger partial charge >= 0.3 is 6.09 Å². The Labute approximate surface area is 103 Å². The van der Waals surface area contributed by atoms with Crippen molar-refractivity contribution in [3.05, 3.63) is 0 Å². The number of ether oxygens (including phenoxy) is 2. The molecule has 4 nitrogen and oxygen atoms in total. The largest absolute Gasteiger partial charge is 0.485 e. The summed E-state index contributed by atoms with van der Waals surface area (Å²) in [6.07, 6.45) is 0.404. The Morgan fingerprint density at radius 2 is 2.00 bits per heavy atom. The molecule has 0 heterocycles. The van der Waals surface area contributed by atoms with Crippen LogP contribution in [-0.4, -0.2) is 29.4 Å². The van der Waals surface area contributed by atoms with Crippen molar-refractivity contribution in [1.29, 1.82) is 0 Å². The average molecular weight is 247 g/mol. The highest BCUT2D eigenvalue weighted by Crippen LogP contribution is 2.07. The monoisotopic (exact) mass is 247 g/mol. The summed E-state index contributed by atoms with van der Waals surface area (Å²) >= 11 is 5.01. The Kier molecular flexibility index (Phi) is 6.33. The van der Waals surface area contributed by atoms with Crippen LogP contribution in [-0.2, 0) is 9.47 Å². The number of rotatable bonds is 4. The van der Waals surface area contributed by atoms with Gasteiger partial charge in [0.1, 0.15) is 5.60 Å². The summed E-state index contributed by atoms with van der Waals surface area (Å²) in [6, 6.07) is -0.323. The molecule has 94 valence electrons. The molecule has 0 aliphatic heterocycles. The summed E-state index contributed by atoms with van der Waals surface area (Å²) in [5.74, 6) is 0. The number of alkyl carbamates (subject to hydrolysis) is 1. The zero-order chi connectivity index (χ0) is 12.8. The first-order chi connectivity index (χ1) is 7.26. The number of carbonyl (C=O) groups excluding carboxylic acids is 1. The predicted octanol–water partition coefficient (Wildman–Crippen LogP) is 2.65. The van der Waals surface area contributed by atoms with Gasteiger partial charge in [0.2, 0.25) is 0 Å². The average Bonchev–Trinajstić information content (AvgIpc) is 2.10. The summed E-state index contributed by atoms with van der Waals surface area (Å²) in [6.45, 7) is 9.76. The van der Waals surface area contributed by atoms with E-state index in [0.717, 1.165) is 6.42 Å². The molecule has 0 aromatic carbocycles. The van der Waals surface area contributed by atoms with Crippen LogP contribution in [0.4, 0.5) is 4.79 Å². The molecule has 0 aromatic heterocycles. The minimum atomic E-state index is -0.504. The molecular formula is C11H21NO3S. The van der Waals surface area contributed by atoms with Gasteiger partial charge in [-0.05, 0) is 46.3 Å². The van der Waals surface area contributed by atoms with E-state index in [4.69, 9.17) is 21.7 Å². The Bertz CT molecular complexity index is 248. The van der Waals surface area contributed by atoms with Gasteiger partial charge in [0, 0.05) is 0 Å². The Morgan fingerprint density at radius 3 is 2.44 bits per heavy atom. The Morgan fingerprint density at radius 1 is 1.44 bits per heavy atom. The topological polar surface area (TPSA) is 47.6 Å². The summed E-state index contributed by atoms with van der Waals surface area (Å²) in [5.41, 5.74) is -0.504. The highest BCUT2D eigenvalue weighted by Gasteiger charge is 2.19. The lowest BCUT2D eigenvalue weighted by atomic mass is 10.2. The highest BCUT2D eigenvalue weighted by atomic mass is 32.1. The van der Waals surface area contributed by atoms with E-state index in [0.29, 0.717) is 11.7 Å². The van der Waals surface area contributed by atoms with Crippen LogP contribution in [0.1, 0.15) is 41.0 Å². The van der Waals surface area contributed by atoms with Crippen LogP contribution in [0.5, 0.6) is 0 Å². The van der Waals surface area contributed by atoms with Gasteiger partial charge in [-0.3, -0.25) is 0 Å². The number of carbonyl (C=O) groups is 1. The third-order valence-electron chi connectivity index (χ3n) is 1.54. The molecule has 0 aromatic rings. The highest BCUT2D eigenvalue weighted by molar-refractivity contribution is 7.80. The van der Waals surface area contributed by atoms with Crippen LogP contribution in [0, 0.1) is 0 Å². The number of thiocarbonyl (C=S) groups is 1. The van der Waals surface area contributed by atoms with Gasteiger partial charge in [-0.1, -0.05) is 6.92 Å². The minimum Gasteiger partial charge on any atom is -0.485 e. The molecule has 0 rings (SSSR count). The number of hydrogen-bond donors (Lipinski definition) is 1. The molecule has 0 radical (unpaired) electrons. The quantitative estimate of drug-likeness (QED) is 0.776. The molecule has 0 aliphatic carbocycles. The lowest BCUT2D eigenvalue weighted by Crippen LogP contribution is -2.41. The molecule has 0 spiro atoms. The maximum atomic E-state index is 11.4. The van der Waals surface area contributed by atoms with Gasteiger partial charge in [0.05, 0.1) is 12.6 Å². The number of amides is 1. The van der Waals surface area contributed by atoms with Crippen molar-refractivity contribution < 1.29 is 14.3 Å². The van der Waals surface area contributed by atoms with E-state index in [1.165, 1.54) is 0 Å². The van der Waals surface area contributed by atoms with E-state index >= 15 is 0 Å². The fraction of sp³-hybridized carbons (Fsp3) is 0.818. The Hall–Kier alpha value is -0.840. The molecule has 1 N–H and O–H groups in total.